The van der Waals surface area contributed by atoms with Crippen LogP contribution in [-0.2, 0) is 11.2 Å². The molecule has 3 aromatic carbocycles. The van der Waals surface area contributed by atoms with Gasteiger partial charge in [0.25, 0.3) is 0 Å². The SMILES string of the molecule is COc1cc(CC(=O)N[C@@H](C)c2ccc3ccccc3c2)cc(OC)c1OC. The molecule has 0 aliphatic heterocycles. The fourth-order valence-electron chi connectivity index (χ4n) is 3.28. The van der Waals surface area contributed by atoms with Crippen LogP contribution in [0.3, 0.4) is 0 Å². The number of hydrogen-bond acceptors (Lipinski definition) is 4. The summed E-state index contributed by atoms with van der Waals surface area (Å²) in [5, 5.41) is 5.40. The summed E-state index contributed by atoms with van der Waals surface area (Å²) in [4.78, 5) is 12.6. The zero-order chi connectivity index (χ0) is 20.1. The molecule has 3 aromatic rings. The summed E-state index contributed by atoms with van der Waals surface area (Å²) < 4.78 is 16.0. The molecule has 0 aliphatic rings. The van der Waals surface area contributed by atoms with Crippen LogP contribution >= 0.6 is 0 Å². The van der Waals surface area contributed by atoms with Crippen molar-refractivity contribution >= 4 is 16.7 Å². The van der Waals surface area contributed by atoms with Crippen LogP contribution in [0.25, 0.3) is 10.8 Å². The number of ether oxygens (including phenoxy) is 3. The molecule has 0 heterocycles. The van der Waals surface area contributed by atoms with Crippen LogP contribution < -0.4 is 19.5 Å². The van der Waals surface area contributed by atoms with Gasteiger partial charge in [0.1, 0.15) is 0 Å². The molecular weight excluding hydrogens is 354 g/mol. The van der Waals surface area contributed by atoms with Crippen LogP contribution in [0, 0.1) is 0 Å². The lowest BCUT2D eigenvalue weighted by Crippen LogP contribution is -2.28. The van der Waals surface area contributed by atoms with Crippen molar-refractivity contribution in [1.82, 2.24) is 5.32 Å². The lowest BCUT2D eigenvalue weighted by atomic mass is 10.0. The van der Waals surface area contributed by atoms with Crippen LogP contribution in [0.2, 0.25) is 0 Å². The Bertz CT molecular complexity index is 958. The molecule has 0 unspecified atom stereocenters. The predicted octanol–water partition coefficient (Wildman–Crippen LogP) is 4.29. The van der Waals surface area contributed by atoms with E-state index in [4.69, 9.17) is 14.2 Å². The lowest BCUT2D eigenvalue weighted by molar-refractivity contribution is -0.121. The Morgan fingerprint density at radius 3 is 2.14 bits per heavy atom. The maximum absolute atomic E-state index is 12.6. The van der Waals surface area contributed by atoms with Crippen LogP contribution in [0.5, 0.6) is 17.2 Å². The highest BCUT2D eigenvalue weighted by molar-refractivity contribution is 5.84. The molecule has 0 spiro atoms. The number of benzene rings is 3. The first kappa shape index (κ1) is 19.5. The van der Waals surface area contributed by atoms with Crippen molar-refractivity contribution in [2.45, 2.75) is 19.4 Å². The fourth-order valence-corrected chi connectivity index (χ4v) is 3.28. The normalized spacial score (nSPS) is 11.7. The van der Waals surface area contributed by atoms with E-state index in [1.165, 1.54) is 5.39 Å². The minimum atomic E-state index is -0.0980. The number of carbonyl (C=O) groups excluding carboxylic acids is 1. The second kappa shape index (κ2) is 8.65. The Labute approximate surface area is 165 Å². The van der Waals surface area contributed by atoms with E-state index < -0.39 is 0 Å². The molecule has 0 aromatic heterocycles. The first-order chi connectivity index (χ1) is 13.5. The van der Waals surface area contributed by atoms with Gasteiger partial charge in [0, 0.05) is 0 Å². The Morgan fingerprint density at radius 1 is 0.893 bits per heavy atom. The van der Waals surface area contributed by atoms with Gasteiger partial charge in [0.15, 0.2) is 11.5 Å². The molecule has 5 nitrogen and oxygen atoms in total. The molecule has 146 valence electrons. The molecule has 5 heteroatoms. The van der Waals surface area contributed by atoms with Gasteiger partial charge in [-0.1, -0.05) is 36.4 Å². The van der Waals surface area contributed by atoms with Gasteiger partial charge in [-0.15, -0.1) is 0 Å². The Hall–Kier alpha value is -3.21. The van der Waals surface area contributed by atoms with Crippen molar-refractivity contribution < 1.29 is 19.0 Å². The Morgan fingerprint density at radius 2 is 1.54 bits per heavy atom. The molecule has 1 atom stereocenters. The summed E-state index contributed by atoms with van der Waals surface area (Å²) >= 11 is 0. The third kappa shape index (κ3) is 4.19. The number of amides is 1. The highest BCUT2D eigenvalue weighted by Crippen LogP contribution is 2.38. The van der Waals surface area contributed by atoms with E-state index in [1.807, 2.05) is 25.1 Å². The van der Waals surface area contributed by atoms with Crippen LogP contribution in [-0.4, -0.2) is 27.2 Å². The number of nitrogens with one attached hydrogen (secondary N) is 1. The van der Waals surface area contributed by atoms with E-state index in [0.29, 0.717) is 17.2 Å². The van der Waals surface area contributed by atoms with Crippen LogP contribution in [0.15, 0.2) is 54.6 Å². The first-order valence-electron chi connectivity index (χ1n) is 9.12. The monoisotopic (exact) mass is 379 g/mol. The number of hydrogen-bond donors (Lipinski definition) is 1. The molecule has 0 bridgehead atoms. The minimum absolute atomic E-state index is 0.0741. The summed E-state index contributed by atoms with van der Waals surface area (Å²) in [6.45, 7) is 1.98. The van der Waals surface area contributed by atoms with Gasteiger partial charge >= 0.3 is 0 Å². The molecule has 28 heavy (non-hydrogen) atoms. The fraction of sp³-hybridized carbons (Fsp3) is 0.261. The largest absolute Gasteiger partial charge is 0.493 e. The topological polar surface area (TPSA) is 56.8 Å². The third-order valence-corrected chi connectivity index (χ3v) is 4.74. The van der Waals surface area contributed by atoms with E-state index in [9.17, 15) is 4.79 Å². The van der Waals surface area contributed by atoms with Crippen LogP contribution in [0.1, 0.15) is 24.1 Å². The van der Waals surface area contributed by atoms with Gasteiger partial charge in [-0.2, -0.15) is 0 Å². The van der Waals surface area contributed by atoms with Gasteiger partial charge in [-0.25, -0.2) is 0 Å². The maximum atomic E-state index is 12.6. The van der Waals surface area contributed by atoms with E-state index in [0.717, 1.165) is 16.5 Å². The zero-order valence-corrected chi connectivity index (χ0v) is 16.6. The molecule has 0 saturated heterocycles. The average molecular weight is 379 g/mol. The average Bonchev–Trinajstić information content (AvgIpc) is 2.72. The summed E-state index contributed by atoms with van der Waals surface area (Å²) in [7, 11) is 4.67. The second-order valence-corrected chi connectivity index (χ2v) is 6.61. The molecule has 1 N–H and O–H groups in total. The minimum Gasteiger partial charge on any atom is -0.493 e. The van der Waals surface area contributed by atoms with E-state index in [1.54, 1.807) is 33.5 Å². The number of methoxy groups -OCH3 is 3. The molecule has 0 radical (unpaired) electrons. The van der Waals surface area contributed by atoms with Crippen molar-refractivity contribution in [3.8, 4) is 17.2 Å². The lowest BCUT2D eigenvalue weighted by Gasteiger charge is -2.17. The van der Waals surface area contributed by atoms with Gasteiger partial charge in [-0.3, -0.25) is 4.79 Å². The van der Waals surface area contributed by atoms with Crippen molar-refractivity contribution in [2.75, 3.05) is 21.3 Å². The van der Waals surface area contributed by atoms with Crippen LogP contribution in [0.4, 0.5) is 0 Å². The molecule has 3 rings (SSSR count). The molecule has 1 amide bonds. The summed E-state index contributed by atoms with van der Waals surface area (Å²) in [6, 6.07) is 17.9. The zero-order valence-electron chi connectivity index (χ0n) is 16.6. The summed E-state index contributed by atoms with van der Waals surface area (Å²) in [6.07, 6.45) is 0.217. The quantitative estimate of drug-likeness (QED) is 0.665. The highest BCUT2D eigenvalue weighted by atomic mass is 16.5. The van der Waals surface area contributed by atoms with Crippen molar-refractivity contribution in [3.05, 3.63) is 65.7 Å². The maximum Gasteiger partial charge on any atom is 0.224 e. The molecule has 0 aliphatic carbocycles. The first-order valence-corrected chi connectivity index (χ1v) is 9.12. The molecular formula is C23H25NO4. The van der Waals surface area contributed by atoms with E-state index in [2.05, 4.69) is 29.6 Å². The second-order valence-electron chi connectivity index (χ2n) is 6.61. The highest BCUT2D eigenvalue weighted by Gasteiger charge is 2.16. The number of carbonyl (C=O) groups is 1. The van der Waals surface area contributed by atoms with Crippen molar-refractivity contribution in [2.24, 2.45) is 0 Å². The molecule has 0 fully saturated rings. The van der Waals surface area contributed by atoms with Gasteiger partial charge in [0.2, 0.25) is 11.7 Å². The summed E-state index contributed by atoms with van der Waals surface area (Å²) in [5.41, 5.74) is 1.86. The van der Waals surface area contributed by atoms with Gasteiger partial charge < -0.3 is 19.5 Å². The smallest absolute Gasteiger partial charge is 0.224 e. The van der Waals surface area contributed by atoms with Gasteiger partial charge in [-0.05, 0) is 47.0 Å². The van der Waals surface area contributed by atoms with Crippen molar-refractivity contribution in [3.63, 3.8) is 0 Å². The molecule has 0 saturated carbocycles. The standard InChI is InChI=1S/C23H25NO4/c1-15(18-10-9-17-7-5-6-8-19(17)14-18)24-22(25)13-16-11-20(26-2)23(28-4)21(12-16)27-3/h5-12,14-15H,13H2,1-4H3,(H,24,25)/t15-/m0/s1. The van der Waals surface area contributed by atoms with Gasteiger partial charge in [0.05, 0.1) is 33.8 Å². The predicted molar refractivity (Wildman–Crippen MR) is 110 cm³/mol. The summed E-state index contributed by atoms with van der Waals surface area (Å²) in [5.74, 6) is 1.51. The van der Waals surface area contributed by atoms with Crippen molar-refractivity contribution in [1.29, 1.82) is 0 Å². The number of fused-ring (bicyclic) bond motifs is 1. The third-order valence-electron chi connectivity index (χ3n) is 4.74. The number of rotatable bonds is 7. The van der Waals surface area contributed by atoms with E-state index >= 15 is 0 Å². The van der Waals surface area contributed by atoms with E-state index in [-0.39, 0.29) is 18.4 Å². The Balaban J connectivity index is 1.74. The Kier molecular flexibility index (Phi) is 6.04.